The van der Waals surface area contributed by atoms with Crippen molar-refractivity contribution < 1.29 is 13.9 Å². The number of carbonyl (C=O) groups excluding carboxylic acids is 1. The Bertz CT molecular complexity index is 1050. The molecule has 1 saturated heterocycles. The Morgan fingerprint density at radius 3 is 2.84 bits per heavy atom. The highest BCUT2D eigenvalue weighted by Gasteiger charge is 2.26. The molecule has 1 atom stereocenters. The monoisotopic (exact) mass is 458 g/mol. The number of aromatic nitrogens is 1. The van der Waals surface area contributed by atoms with E-state index in [4.69, 9.17) is 9.72 Å². The average Bonchev–Trinajstić information content (AvgIpc) is 3.40. The summed E-state index contributed by atoms with van der Waals surface area (Å²) < 4.78 is 20.0. The Morgan fingerprint density at radius 1 is 1.29 bits per heavy atom. The molecular formula is C24H27FN2O2S2. The summed E-state index contributed by atoms with van der Waals surface area (Å²) in [5.74, 6) is 0.665. The zero-order valence-corrected chi connectivity index (χ0v) is 19.5. The van der Waals surface area contributed by atoms with Crippen molar-refractivity contribution in [3.8, 4) is 0 Å². The molecule has 0 spiro atoms. The minimum Gasteiger partial charge on any atom is -0.376 e. The molecule has 4 rings (SSSR count). The van der Waals surface area contributed by atoms with Gasteiger partial charge < -0.3 is 4.74 Å². The number of thioether (sulfide) groups is 1. The standard InChI is InChI=1S/C24H27FN2O2S2/c1-16-13-17(2)23-21(14-16)31-24(26-23)27(15-19-5-3-11-29-19)22(28)6-4-12-30-20-9-7-18(25)8-10-20/h7-10,13-14,19H,3-6,11-12,15H2,1-2H3. The summed E-state index contributed by atoms with van der Waals surface area (Å²) in [5.41, 5.74) is 3.32. The first-order chi connectivity index (χ1) is 15.0. The number of aryl methyl sites for hydroxylation is 2. The molecular weight excluding hydrogens is 431 g/mol. The van der Waals surface area contributed by atoms with Gasteiger partial charge in [0.2, 0.25) is 5.91 Å². The summed E-state index contributed by atoms with van der Waals surface area (Å²) in [6.45, 7) is 5.47. The summed E-state index contributed by atoms with van der Waals surface area (Å²) in [7, 11) is 0. The molecule has 0 saturated carbocycles. The Hall–Kier alpha value is -1.96. The summed E-state index contributed by atoms with van der Waals surface area (Å²) in [6.07, 6.45) is 3.31. The zero-order chi connectivity index (χ0) is 21.8. The molecule has 0 radical (unpaired) electrons. The number of benzene rings is 2. The van der Waals surface area contributed by atoms with Crippen LogP contribution in [0.3, 0.4) is 0 Å². The summed E-state index contributed by atoms with van der Waals surface area (Å²) in [6, 6.07) is 10.7. The number of thiazole rings is 1. The van der Waals surface area contributed by atoms with Crippen LogP contribution >= 0.6 is 23.1 Å². The second-order valence-corrected chi connectivity index (χ2v) is 10.1. The van der Waals surface area contributed by atoms with Gasteiger partial charge >= 0.3 is 0 Å². The van der Waals surface area contributed by atoms with E-state index < -0.39 is 0 Å². The molecule has 1 unspecified atom stereocenters. The van der Waals surface area contributed by atoms with Gasteiger partial charge in [-0.25, -0.2) is 9.37 Å². The number of anilines is 1. The third kappa shape index (κ3) is 5.64. The number of ether oxygens (including phenoxy) is 1. The molecule has 0 bridgehead atoms. The van der Waals surface area contributed by atoms with Crippen LogP contribution in [0.25, 0.3) is 10.2 Å². The van der Waals surface area contributed by atoms with E-state index in [-0.39, 0.29) is 17.8 Å². The molecule has 2 aromatic carbocycles. The van der Waals surface area contributed by atoms with Gasteiger partial charge in [-0.15, -0.1) is 11.8 Å². The van der Waals surface area contributed by atoms with Gasteiger partial charge in [0.1, 0.15) is 5.82 Å². The Balaban J connectivity index is 1.44. The van der Waals surface area contributed by atoms with Gasteiger partial charge in [-0.3, -0.25) is 9.69 Å². The highest BCUT2D eigenvalue weighted by Crippen LogP contribution is 2.33. The van der Waals surface area contributed by atoms with Crippen molar-refractivity contribution in [2.24, 2.45) is 0 Å². The smallest absolute Gasteiger partial charge is 0.228 e. The first-order valence-corrected chi connectivity index (χ1v) is 12.5. The predicted molar refractivity (Wildman–Crippen MR) is 127 cm³/mol. The lowest BCUT2D eigenvalue weighted by molar-refractivity contribution is -0.119. The van der Waals surface area contributed by atoms with E-state index >= 15 is 0 Å². The normalized spacial score (nSPS) is 16.2. The number of rotatable bonds is 8. The van der Waals surface area contributed by atoms with Crippen LogP contribution in [0, 0.1) is 19.7 Å². The van der Waals surface area contributed by atoms with Gasteiger partial charge in [0.25, 0.3) is 0 Å². The fraction of sp³-hybridized carbons (Fsp3) is 0.417. The zero-order valence-electron chi connectivity index (χ0n) is 17.9. The molecule has 31 heavy (non-hydrogen) atoms. The molecule has 1 aliphatic heterocycles. The van der Waals surface area contributed by atoms with Crippen LogP contribution in [0.5, 0.6) is 0 Å². The van der Waals surface area contributed by atoms with E-state index in [1.54, 1.807) is 35.2 Å². The Labute approximate surface area is 190 Å². The van der Waals surface area contributed by atoms with E-state index in [9.17, 15) is 9.18 Å². The Kier molecular flexibility index (Phi) is 7.25. The van der Waals surface area contributed by atoms with Crippen LogP contribution in [0.2, 0.25) is 0 Å². The van der Waals surface area contributed by atoms with Gasteiger partial charge in [0.15, 0.2) is 5.13 Å². The molecule has 0 aliphatic carbocycles. The second-order valence-electron chi connectivity index (χ2n) is 7.97. The summed E-state index contributed by atoms with van der Waals surface area (Å²) in [4.78, 5) is 20.9. The molecule has 2 heterocycles. The molecule has 3 aromatic rings. The van der Waals surface area contributed by atoms with Crippen LogP contribution in [0.4, 0.5) is 9.52 Å². The maximum absolute atomic E-state index is 13.2. The number of halogens is 1. The van der Waals surface area contributed by atoms with E-state index in [1.165, 1.54) is 17.7 Å². The molecule has 7 heteroatoms. The van der Waals surface area contributed by atoms with E-state index in [0.29, 0.717) is 13.0 Å². The maximum Gasteiger partial charge on any atom is 0.228 e. The van der Waals surface area contributed by atoms with E-state index in [1.807, 2.05) is 4.90 Å². The third-order valence-electron chi connectivity index (χ3n) is 5.38. The van der Waals surface area contributed by atoms with Crippen molar-refractivity contribution in [3.63, 3.8) is 0 Å². The van der Waals surface area contributed by atoms with Gasteiger partial charge in [0, 0.05) is 17.9 Å². The predicted octanol–water partition coefficient (Wildman–Crippen LogP) is 6.14. The number of fused-ring (bicyclic) bond motifs is 1. The summed E-state index contributed by atoms with van der Waals surface area (Å²) >= 11 is 3.22. The van der Waals surface area contributed by atoms with E-state index in [2.05, 4.69) is 26.0 Å². The number of carbonyl (C=O) groups is 1. The first kappa shape index (κ1) is 22.2. The van der Waals surface area contributed by atoms with Crippen LogP contribution < -0.4 is 4.90 Å². The first-order valence-electron chi connectivity index (χ1n) is 10.7. The molecule has 164 valence electrons. The van der Waals surface area contributed by atoms with Crippen molar-refractivity contribution in [1.82, 2.24) is 4.98 Å². The highest BCUT2D eigenvalue weighted by molar-refractivity contribution is 7.99. The SMILES string of the molecule is Cc1cc(C)c2nc(N(CC3CCCO3)C(=O)CCCSc3ccc(F)cc3)sc2c1. The number of nitrogens with zero attached hydrogens (tertiary/aromatic N) is 2. The van der Waals surface area contributed by atoms with Crippen LogP contribution in [0.1, 0.15) is 36.8 Å². The van der Waals surface area contributed by atoms with Crippen molar-refractivity contribution in [2.45, 2.75) is 50.5 Å². The van der Waals surface area contributed by atoms with Crippen molar-refractivity contribution >= 4 is 44.4 Å². The van der Waals surface area contributed by atoms with Crippen LogP contribution in [-0.2, 0) is 9.53 Å². The fourth-order valence-electron chi connectivity index (χ4n) is 3.83. The molecule has 1 aliphatic rings. The molecule has 1 fully saturated rings. The summed E-state index contributed by atoms with van der Waals surface area (Å²) in [5, 5.41) is 0.760. The van der Waals surface area contributed by atoms with Gasteiger partial charge in [-0.05, 0) is 80.3 Å². The van der Waals surface area contributed by atoms with Crippen molar-refractivity contribution in [1.29, 1.82) is 0 Å². The van der Waals surface area contributed by atoms with Crippen molar-refractivity contribution in [2.75, 3.05) is 23.8 Å². The molecule has 4 nitrogen and oxygen atoms in total. The average molecular weight is 459 g/mol. The number of amides is 1. The van der Waals surface area contributed by atoms with Gasteiger partial charge in [0.05, 0.1) is 22.9 Å². The van der Waals surface area contributed by atoms with Gasteiger partial charge in [-0.1, -0.05) is 17.4 Å². The van der Waals surface area contributed by atoms with Gasteiger partial charge in [-0.2, -0.15) is 0 Å². The minimum atomic E-state index is -0.231. The maximum atomic E-state index is 13.2. The van der Waals surface area contributed by atoms with Crippen LogP contribution in [-0.4, -0.2) is 35.9 Å². The minimum absolute atomic E-state index is 0.0763. The molecule has 1 aromatic heterocycles. The number of hydrogen-bond acceptors (Lipinski definition) is 5. The second kappa shape index (κ2) is 10.1. The lowest BCUT2D eigenvalue weighted by Crippen LogP contribution is -2.37. The van der Waals surface area contributed by atoms with Crippen LogP contribution in [0.15, 0.2) is 41.3 Å². The topological polar surface area (TPSA) is 42.4 Å². The quantitative estimate of drug-likeness (QED) is 0.300. The van der Waals surface area contributed by atoms with E-state index in [0.717, 1.165) is 57.4 Å². The largest absolute Gasteiger partial charge is 0.376 e. The number of hydrogen-bond donors (Lipinski definition) is 0. The lowest BCUT2D eigenvalue weighted by atomic mass is 10.1. The molecule has 1 amide bonds. The third-order valence-corrected chi connectivity index (χ3v) is 7.50. The fourth-order valence-corrected chi connectivity index (χ4v) is 5.85. The van der Waals surface area contributed by atoms with Crippen molar-refractivity contribution in [3.05, 3.63) is 53.3 Å². The Morgan fingerprint density at radius 2 is 2.10 bits per heavy atom. The highest BCUT2D eigenvalue weighted by atomic mass is 32.2. The lowest BCUT2D eigenvalue weighted by Gasteiger charge is -2.23. The molecule has 0 N–H and O–H groups in total.